The fourth-order valence-corrected chi connectivity index (χ4v) is 1.78. The molecule has 7 nitrogen and oxygen atoms in total. The second-order valence-corrected chi connectivity index (χ2v) is 3.99. The summed E-state index contributed by atoms with van der Waals surface area (Å²) >= 11 is 0. The van der Waals surface area contributed by atoms with E-state index >= 15 is 0 Å². The lowest BCUT2D eigenvalue weighted by atomic mass is 10.1. The highest BCUT2D eigenvalue weighted by Gasteiger charge is 2.10. The summed E-state index contributed by atoms with van der Waals surface area (Å²) in [5.74, 6) is 1.23. The van der Waals surface area contributed by atoms with Crippen molar-refractivity contribution in [1.82, 2.24) is 20.6 Å². The quantitative estimate of drug-likeness (QED) is 0.775. The molecule has 2 heterocycles. The number of hydrogen-bond donors (Lipinski definition) is 1. The number of nitrogens with one attached hydrogen (secondary N) is 1. The topological polar surface area (TPSA) is 93.9 Å². The Bertz CT molecular complexity index is 763. The van der Waals surface area contributed by atoms with Crippen molar-refractivity contribution in [3.63, 3.8) is 0 Å². The molecule has 20 heavy (non-hydrogen) atoms. The van der Waals surface area contributed by atoms with E-state index in [2.05, 4.69) is 20.6 Å². The van der Waals surface area contributed by atoms with Gasteiger partial charge in [0.1, 0.15) is 12.0 Å². The molecule has 2 aromatic heterocycles. The number of aromatic amines is 1. The molecule has 0 radical (unpaired) electrons. The van der Waals surface area contributed by atoms with E-state index in [9.17, 15) is 4.79 Å². The number of benzene rings is 1. The van der Waals surface area contributed by atoms with Crippen molar-refractivity contribution in [2.45, 2.75) is 0 Å². The van der Waals surface area contributed by atoms with Gasteiger partial charge in [0.25, 0.3) is 0 Å². The van der Waals surface area contributed by atoms with Gasteiger partial charge in [0.15, 0.2) is 11.2 Å². The van der Waals surface area contributed by atoms with Crippen LogP contribution >= 0.6 is 0 Å². The molecule has 0 spiro atoms. The Labute approximate surface area is 113 Å². The fourth-order valence-electron chi connectivity index (χ4n) is 1.78. The van der Waals surface area contributed by atoms with E-state index < -0.39 is 0 Å². The minimum atomic E-state index is -0.179. The molecule has 0 saturated carbocycles. The largest absolute Gasteiger partial charge is 0.497 e. The summed E-state index contributed by atoms with van der Waals surface area (Å²) in [6, 6.07) is 8.48. The van der Waals surface area contributed by atoms with Crippen LogP contribution in [0.5, 0.6) is 5.75 Å². The Morgan fingerprint density at radius 2 is 2.05 bits per heavy atom. The summed E-state index contributed by atoms with van der Waals surface area (Å²) in [4.78, 5) is 12.1. The van der Waals surface area contributed by atoms with Gasteiger partial charge in [-0.3, -0.25) is 4.79 Å². The predicted molar refractivity (Wildman–Crippen MR) is 70.1 cm³/mol. The smallest absolute Gasteiger partial charge is 0.239 e. The number of tetrazole rings is 1. The van der Waals surface area contributed by atoms with Crippen molar-refractivity contribution in [2.24, 2.45) is 0 Å². The van der Waals surface area contributed by atoms with Crippen LogP contribution < -0.4 is 10.2 Å². The Morgan fingerprint density at radius 3 is 2.65 bits per heavy atom. The molecule has 0 unspecified atom stereocenters. The molecule has 0 bridgehead atoms. The molecule has 0 aliphatic heterocycles. The van der Waals surface area contributed by atoms with E-state index in [1.54, 1.807) is 31.4 Å². The maximum atomic E-state index is 12.1. The summed E-state index contributed by atoms with van der Waals surface area (Å²) < 4.78 is 10.5. The molecule has 1 aromatic carbocycles. The highest BCUT2D eigenvalue weighted by atomic mass is 16.5. The van der Waals surface area contributed by atoms with Gasteiger partial charge in [-0.2, -0.15) is 5.21 Å². The minimum Gasteiger partial charge on any atom is -0.497 e. The molecular formula is C13H10N4O3. The average Bonchev–Trinajstić information content (AvgIpc) is 3.01. The van der Waals surface area contributed by atoms with Crippen molar-refractivity contribution in [3.05, 3.63) is 46.8 Å². The molecule has 1 N–H and O–H groups in total. The molecule has 3 rings (SSSR count). The van der Waals surface area contributed by atoms with Crippen LogP contribution in [0.1, 0.15) is 0 Å². The standard InChI is InChI=1S/C13H10N4O3/c1-19-9-4-2-8(3-5-9)10-7-20-12(6-11(10)18)13-14-16-17-15-13/h2-7H,1H3,(H,14,15,16,17). The predicted octanol–water partition coefficient (Wildman–Crippen LogP) is 1.50. The molecule has 100 valence electrons. The number of aromatic nitrogens is 4. The first-order valence-electron chi connectivity index (χ1n) is 5.79. The van der Waals surface area contributed by atoms with Crippen LogP contribution in [-0.4, -0.2) is 27.7 Å². The van der Waals surface area contributed by atoms with Gasteiger partial charge in [0.2, 0.25) is 5.82 Å². The van der Waals surface area contributed by atoms with E-state index in [0.717, 1.165) is 11.3 Å². The summed E-state index contributed by atoms with van der Waals surface area (Å²) in [7, 11) is 1.59. The van der Waals surface area contributed by atoms with Gasteiger partial charge in [-0.25, -0.2) is 0 Å². The molecule has 0 aliphatic rings. The van der Waals surface area contributed by atoms with E-state index in [4.69, 9.17) is 9.15 Å². The molecule has 0 saturated heterocycles. The Balaban J connectivity index is 2.00. The van der Waals surface area contributed by atoms with Gasteiger partial charge in [0.05, 0.1) is 12.7 Å². The van der Waals surface area contributed by atoms with Gasteiger partial charge >= 0.3 is 0 Å². The molecule has 0 aliphatic carbocycles. The van der Waals surface area contributed by atoms with E-state index in [1.165, 1.54) is 12.3 Å². The summed E-state index contributed by atoms with van der Waals surface area (Å²) in [5.41, 5.74) is 1.03. The first-order valence-corrected chi connectivity index (χ1v) is 5.79. The first-order chi connectivity index (χ1) is 9.78. The molecule has 7 heteroatoms. The number of nitrogens with zero attached hydrogens (tertiary/aromatic N) is 3. The van der Waals surface area contributed by atoms with Gasteiger partial charge in [-0.1, -0.05) is 12.1 Å². The molecule has 0 atom stereocenters. The van der Waals surface area contributed by atoms with Crippen LogP contribution in [0.2, 0.25) is 0 Å². The van der Waals surface area contributed by atoms with Crippen molar-refractivity contribution in [3.8, 4) is 28.5 Å². The molecule has 0 amide bonds. The second-order valence-electron chi connectivity index (χ2n) is 3.99. The third-order valence-electron chi connectivity index (χ3n) is 2.80. The van der Waals surface area contributed by atoms with Gasteiger partial charge in [-0.15, -0.1) is 10.2 Å². The maximum absolute atomic E-state index is 12.1. The van der Waals surface area contributed by atoms with Crippen LogP contribution in [0.4, 0.5) is 0 Å². The van der Waals surface area contributed by atoms with Gasteiger partial charge in [-0.05, 0) is 22.9 Å². The number of methoxy groups -OCH3 is 1. The van der Waals surface area contributed by atoms with Crippen molar-refractivity contribution >= 4 is 0 Å². The average molecular weight is 270 g/mol. The summed E-state index contributed by atoms with van der Waals surface area (Å²) in [6.45, 7) is 0. The van der Waals surface area contributed by atoms with Crippen molar-refractivity contribution in [2.75, 3.05) is 7.11 Å². The van der Waals surface area contributed by atoms with Gasteiger partial charge < -0.3 is 9.15 Å². The Hall–Kier alpha value is -2.96. The van der Waals surface area contributed by atoms with Crippen LogP contribution in [0, 0.1) is 0 Å². The number of H-pyrrole nitrogens is 1. The van der Waals surface area contributed by atoms with Crippen molar-refractivity contribution in [1.29, 1.82) is 0 Å². The van der Waals surface area contributed by atoms with Crippen LogP contribution in [0.25, 0.3) is 22.7 Å². The highest BCUT2D eigenvalue weighted by molar-refractivity contribution is 5.64. The lowest BCUT2D eigenvalue weighted by molar-refractivity contribution is 0.415. The lowest BCUT2D eigenvalue weighted by Gasteiger charge is -2.03. The first kappa shape index (κ1) is 12.1. The SMILES string of the molecule is COc1ccc(-c2coc(-c3nn[nH]n3)cc2=O)cc1. The summed E-state index contributed by atoms with van der Waals surface area (Å²) in [5, 5.41) is 13.2. The molecule has 3 aromatic rings. The van der Waals surface area contributed by atoms with Crippen LogP contribution in [-0.2, 0) is 0 Å². The van der Waals surface area contributed by atoms with Gasteiger partial charge in [0, 0.05) is 6.07 Å². The number of rotatable bonds is 3. The third-order valence-corrected chi connectivity index (χ3v) is 2.80. The normalized spacial score (nSPS) is 10.4. The molecular weight excluding hydrogens is 260 g/mol. The zero-order valence-electron chi connectivity index (χ0n) is 10.5. The number of hydrogen-bond acceptors (Lipinski definition) is 6. The minimum absolute atomic E-state index is 0.179. The Kier molecular flexibility index (Phi) is 3.00. The van der Waals surface area contributed by atoms with Crippen LogP contribution in [0.15, 0.2) is 45.8 Å². The fraction of sp³-hybridized carbons (Fsp3) is 0.0769. The van der Waals surface area contributed by atoms with E-state index in [-0.39, 0.29) is 17.0 Å². The monoisotopic (exact) mass is 270 g/mol. The van der Waals surface area contributed by atoms with Crippen molar-refractivity contribution < 1.29 is 9.15 Å². The Morgan fingerprint density at radius 1 is 1.25 bits per heavy atom. The lowest BCUT2D eigenvalue weighted by Crippen LogP contribution is -2.03. The van der Waals surface area contributed by atoms with Crippen LogP contribution in [0.3, 0.4) is 0 Å². The van der Waals surface area contributed by atoms with E-state index in [0.29, 0.717) is 5.56 Å². The second kappa shape index (κ2) is 4.96. The molecule has 0 fully saturated rings. The zero-order chi connectivity index (χ0) is 13.9. The third kappa shape index (κ3) is 2.16. The highest BCUT2D eigenvalue weighted by Crippen LogP contribution is 2.21. The summed E-state index contributed by atoms with van der Waals surface area (Å²) in [6.07, 6.45) is 1.38. The zero-order valence-corrected chi connectivity index (χ0v) is 10.5. The maximum Gasteiger partial charge on any atom is 0.239 e. The number of ether oxygens (including phenoxy) is 1. The van der Waals surface area contributed by atoms with E-state index in [1.807, 2.05) is 0 Å².